The smallest absolute Gasteiger partial charge is 0.300 e. The number of nitrogens with two attached hydrogens (primary N) is 1. The number of aliphatic carboxylic acids is 1. The van der Waals surface area contributed by atoms with Crippen LogP contribution in [-0.4, -0.2) is 29.2 Å². The highest BCUT2D eigenvalue weighted by Crippen LogP contribution is 2.27. The Morgan fingerprint density at radius 3 is 3.00 bits per heavy atom. The van der Waals surface area contributed by atoms with Gasteiger partial charge in [-0.2, -0.15) is 0 Å². The van der Waals surface area contributed by atoms with E-state index in [-0.39, 0.29) is 0 Å². The summed E-state index contributed by atoms with van der Waals surface area (Å²) in [5.74, 6) is 5.67. The van der Waals surface area contributed by atoms with E-state index in [0.29, 0.717) is 0 Å². The van der Waals surface area contributed by atoms with Crippen molar-refractivity contribution in [3.05, 3.63) is 23.8 Å². The molecule has 4 heteroatoms. The fraction of sp³-hybridized carbons (Fsp3) is 0.545. The number of rotatable bonds is 0. The molecule has 0 bridgehead atoms. The fourth-order valence-corrected chi connectivity index (χ4v) is 1.84. The van der Waals surface area contributed by atoms with Crippen LogP contribution in [0.15, 0.2) is 23.8 Å². The predicted octanol–water partition coefficient (Wildman–Crippen LogP) is 1.16. The highest BCUT2D eigenvalue weighted by Gasteiger charge is 2.21. The zero-order chi connectivity index (χ0) is 11.3. The lowest BCUT2D eigenvalue weighted by atomic mass is 9.86. The normalized spacial score (nSPS) is 24.7. The maximum atomic E-state index is 9.00. The van der Waals surface area contributed by atoms with Crippen LogP contribution in [-0.2, 0) is 4.79 Å². The van der Waals surface area contributed by atoms with Gasteiger partial charge >= 0.3 is 0 Å². The van der Waals surface area contributed by atoms with E-state index in [0.717, 1.165) is 25.9 Å². The van der Waals surface area contributed by atoms with Gasteiger partial charge in [0.2, 0.25) is 0 Å². The monoisotopic (exact) mass is 210 g/mol. The second-order valence-electron chi connectivity index (χ2n) is 3.88. The molecular weight excluding hydrogens is 192 g/mol. The molecule has 1 saturated heterocycles. The number of carbonyl (C=O) groups is 1. The van der Waals surface area contributed by atoms with E-state index in [1.165, 1.54) is 18.4 Å². The average molecular weight is 210 g/mol. The van der Waals surface area contributed by atoms with Crippen LogP contribution in [0.1, 0.15) is 19.8 Å². The zero-order valence-electron chi connectivity index (χ0n) is 9.02. The summed E-state index contributed by atoms with van der Waals surface area (Å²) < 4.78 is 0. The number of allylic oxidation sites excluding steroid dienone is 3. The number of hydrogen-bond donors (Lipinski definition) is 2. The molecule has 1 heterocycles. The maximum Gasteiger partial charge on any atom is 0.300 e. The van der Waals surface area contributed by atoms with Gasteiger partial charge in [-0.1, -0.05) is 23.8 Å². The van der Waals surface area contributed by atoms with Gasteiger partial charge in [0.1, 0.15) is 0 Å². The van der Waals surface area contributed by atoms with Gasteiger partial charge in [0.15, 0.2) is 0 Å². The molecule has 1 aliphatic heterocycles. The van der Waals surface area contributed by atoms with E-state index in [4.69, 9.17) is 15.7 Å². The lowest BCUT2D eigenvalue weighted by Crippen LogP contribution is -2.40. The van der Waals surface area contributed by atoms with Gasteiger partial charge in [0, 0.05) is 20.0 Å². The van der Waals surface area contributed by atoms with E-state index in [1.54, 1.807) is 0 Å². The van der Waals surface area contributed by atoms with Crippen LogP contribution in [0.4, 0.5) is 0 Å². The Balaban J connectivity index is 0.000000245. The molecule has 84 valence electrons. The molecule has 4 nitrogen and oxygen atoms in total. The van der Waals surface area contributed by atoms with Crippen molar-refractivity contribution >= 4 is 5.97 Å². The molecule has 0 saturated carbocycles. The topological polar surface area (TPSA) is 66.6 Å². The number of hydrogen-bond acceptors (Lipinski definition) is 3. The zero-order valence-corrected chi connectivity index (χ0v) is 9.02. The van der Waals surface area contributed by atoms with Crippen molar-refractivity contribution in [1.29, 1.82) is 0 Å². The lowest BCUT2D eigenvalue weighted by Gasteiger charge is -2.32. The highest BCUT2D eigenvalue weighted by molar-refractivity contribution is 5.62. The molecule has 1 aliphatic carbocycles. The van der Waals surface area contributed by atoms with Gasteiger partial charge in [-0.25, -0.2) is 5.01 Å². The Morgan fingerprint density at radius 2 is 2.33 bits per heavy atom. The van der Waals surface area contributed by atoms with Crippen LogP contribution < -0.4 is 5.84 Å². The molecule has 3 N–H and O–H groups in total. The molecule has 0 aromatic rings. The minimum atomic E-state index is -0.833. The number of piperidine rings is 1. The van der Waals surface area contributed by atoms with Gasteiger partial charge < -0.3 is 5.11 Å². The Kier molecular flexibility index (Phi) is 4.52. The van der Waals surface area contributed by atoms with Crippen molar-refractivity contribution in [3.63, 3.8) is 0 Å². The first kappa shape index (κ1) is 11.9. The molecule has 15 heavy (non-hydrogen) atoms. The molecule has 0 radical (unpaired) electrons. The first-order valence-electron chi connectivity index (χ1n) is 5.14. The number of carboxylic acid groups (broad SMARTS) is 1. The second-order valence-corrected chi connectivity index (χ2v) is 3.88. The first-order chi connectivity index (χ1) is 7.09. The Labute approximate surface area is 90.0 Å². The van der Waals surface area contributed by atoms with Crippen LogP contribution in [0, 0.1) is 5.92 Å². The van der Waals surface area contributed by atoms with Gasteiger partial charge in [0.05, 0.1) is 0 Å². The van der Waals surface area contributed by atoms with Crippen molar-refractivity contribution in [2.75, 3.05) is 13.1 Å². The number of nitrogens with zero attached hydrogens (tertiary/aromatic N) is 1. The minimum absolute atomic E-state index is 0.791. The average Bonchev–Trinajstić information content (AvgIpc) is 2.16. The number of carboxylic acids is 1. The SMILES string of the molecule is CC(=O)O.NN1CCC2CC=CC=C2C1. The second kappa shape index (κ2) is 5.68. The summed E-state index contributed by atoms with van der Waals surface area (Å²) in [4.78, 5) is 9.00. The van der Waals surface area contributed by atoms with Crippen LogP contribution in [0.5, 0.6) is 0 Å². The Bertz CT molecular complexity index is 280. The molecule has 0 amide bonds. The third-order valence-corrected chi connectivity index (χ3v) is 2.54. The molecular formula is C11H18N2O2. The molecule has 1 fully saturated rings. The van der Waals surface area contributed by atoms with Crippen LogP contribution in [0.25, 0.3) is 0 Å². The summed E-state index contributed by atoms with van der Waals surface area (Å²) in [7, 11) is 0. The van der Waals surface area contributed by atoms with Crippen LogP contribution in [0.2, 0.25) is 0 Å². The van der Waals surface area contributed by atoms with Crippen LogP contribution in [0.3, 0.4) is 0 Å². The molecule has 2 rings (SSSR count). The Hall–Kier alpha value is -1.13. The van der Waals surface area contributed by atoms with E-state index in [2.05, 4.69) is 18.2 Å². The minimum Gasteiger partial charge on any atom is -0.481 e. The highest BCUT2D eigenvalue weighted by atomic mass is 16.4. The summed E-state index contributed by atoms with van der Waals surface area (Å²) in [6.07, 6.45) is 9.06. The summed E-state index contributed by atoms with van der Waals surface area (Å²) in [5.41, 5.74) is 1.52. The lowest BCUT2D eigenvalue weighted by molar-refractivity contribution is -0.134. The molecule has 1 unspecified atom stereocenters. The van der Waals surface area contributed by atoms with Gasteiger partial charge in [-0.15, -0.1) is 0 Å². The summed E-state index contributed by atoms with van der Waals surface area (Å²) in [6.45, 7) is 3.10. The molecule has 0 aromatic carbocycles. The van der Waals surface area contributed by atoms with Crippen molar-refractivity contribution in [3.8, 4) is 0 Å². The van der Waals surface area contributed by atoms with Gasteiger partial charge in [-0.05, 0) is 18.8 Å². The van der Waals surface area contributed by atoms with E-state index in [1.807, 2.05) is 5.01 Å². The van der Waals surface area contributed by atoms with E-state index >= 15 is 0 Å². The molecule has 1 atom stereocenters. The van der Waals surface area contributed by atoms with Gasteiger partial charge in [0.25, 0.3) is 5.97 Å². The summed E-state index contributed by atoms with van der Waals surface area (Å²) in [5, 5.41) is 9.32. The molecule has 0 aromatic heterocycles. The summed E-state index contributed by atoms with van der Waals surface area (Å²) >= 11 is 0. The third kappa shape index (κ3) is 4.27. The Morgan fingerprint density at radius 1 is 1.67 bits per heavy atom. The quantitative estimate of drug-likeness (QED) is 0.589. The number of hydrazine groups is 1. The molecule has 2 aliphatic rings. The van der Waals surface area contributed by atoms with Crippen molar-refractivity contribution in [2.24, 2.45) is 11.8 Å². The largest absolute Gasteiger partial charge is 0.481 e. The molecule has 0 spiro atoms. The fourth-order valence-electron chi connectivity index (χ4n) is 1.84. The van der Waals surface area contributed by atoms with E-state index in [9.17, 15) is 0 Å². The predicted molar refractivity (Wildman–Crippen MR) is 59.0 cm³/mol. The van der Waals surface area contributed by atoms with Crippen molar-refractivity contribution in [1.82, 2.24) is 5.01 Å². The maximum absolute atomic E-state index is 9.00. The van der Waals surface area contributed by atoms with Gasteiger partial charge in [-0.3, -0.25) is 10.6 Å². The third-order valence-electron chi connectivity index (χ3n) is 2.54. The van der Waals surface area contributed by atoms with E-state index < -0.39 is 5.97 Å². The standard InChI is InChI=1S/C9H14N2.C2H4O2/c10-11-6-5-8-3-1-2-4-9(8)7-11;1-2(3)4/h1-2,4,8H,3,5-7,10H2;1H3,(H,3,4). The first-order valence-corrected chi connectivity index (χ1v) is 5.14. The summed E-state index contributed by atoms with van der Waals surface area (Å²) in [6, 6.07) is 0. The van der Waals surface area contributed by atoms with Crippen molar-refractivity contribution < 1.29 is 9.90 Å². The number of fused-ring (bicyclic) bond motifs is 1. The van der Waals surface area contributed by atoms with Crippen molar-refractivity contribution in [2.45, 2.75) is 19.8 Å². The van der Waals surface area contributed by atoms with Crippen LogP contribution >= 0.6 is 0 Å².